The number of carbonyl (C=O) groups excluding carboxylic acids is 2. The van der Waals surface area contributed by atoms with Crippen molar-refractivity contribution in [3.63, 3.8) is 0 Å². The monoisotopic (exact) mass is 304 g/mol. The summed E-state index contributed by atoms with van der Waals surface area (Å²) < 4.78 is 5.32. The number of carbonyl (C=O) groups is 2. The summed E-state index contributed by atoms with van der Waals surface area (Å²) in [5.41, 5.74) is 1.57. The highest BCUT2D eigenvalue weighted by Gasteiger charge is 2.32. The largest absolute Gasteiger partial charge is 0.444 e. The van der Waals surface area contributed by atoms with E-state index < -0.39 is 11.7 Å². The summed E-state index contributed by atoms with van der Waals surface area (Å²) in [5.74, 6) is 0.00971. The van der Waals surface area contributed by atoms with Gasteiger partial charge in [0.15, 0.2) is 0 Å². The molecule has 0 aliphatic carbocycles. The Morgan fingerprint density at radius 2 is 2.00 bits per heavy atom. The quantitative estimate of drug-likeness (QED) is 0.883. The molecule has 1 aliphatic heterocycles. The van der Waals surface area contributed by atoms with E-state index in [4.69, 9.17) is 4.74 Å². The Morgan fingerprint density at radius 1 is 1.32 bits per heavy atom. The molecule has 2 amide bonds. The van der Waals surface area contributed by atoms with Crippen LogP contribution in [0.3, 0.4) is 0 Å². The number of aryl methyl sites for hydroxylation is 1. The molecule has 22 heavy (non-hydrogen) atoms. The molecular formula is C17H24N2O3. The number of amides is 2. The first-order valence-corrected chi connectivity index (χ1v) is 7.61. The van der Waals surface area contributed by atoms with Crippen molar-refractivity contribution in [2.24, 2.45) is 0 Å². The molecule has 1 aliphatic rings. The average molecular weight is 304 g/mol. The van der Waals surface area contributed by atoms with Gasteiger partial charge in [0.25, 0.3) is 0 Å². The molecule has 1 aromatic rings. The number of rotatable bonds is 2. The Kier molecular flexibility index (Phi) is 4.74. The van der Waals surface area contributed by atoms with Crippen LogP contribution >= 0.6 is 0 Å². The topological polar surface area (TPSA) is 67.4 Å². The molecule has 0 unspecified atom stereocenters. The molecule has 2 N–H and O–H groups in total. The van der Waals surface area contributed by atoms with Crippen molar-refractivity contribution in [3.05, 3.63) is 35.4 Å². The highest BCUT2D eigenvalue weighted by molar-refractivity contribution is 5.78. The van der Waals surface area contributed by atoms with Gasteiger partial charge < -0.3 is 15.4 Å². The molecule has 1 heterocycles. The zero-order valence-electron chi connectivity index (χ0n) is 13.6. The lowest BCUT2D eigenvalue weighted by atomic mass is 9.89. The molecule has 0 saturated carbocycles. The minimum absolute atomic E-state index is 0.00971. The predicted octanol–water partition coefficient (Wildman–Crippen LogP) is 2.84. The first-order valence-electron chi connectivity index (χ1n) is 7.61. The SMILES string of the molecule is Cc1ccccc1[C@H]1NC(=O)CC[C@@H]1NC(=O)OC(C)(C)C. The maximum Gasteiger partial charge on any atom is 0.407 e. The number of hydrogen-bond acceptors (Lipinski definition) is 3. The van der Waals surface area contributed by atoms with Crippen molar-refractivity contribution in [2.75, 3.05) is 0 Å². The van der Waals surface area contributed by atoms with Crippen LogP contribution in [0.15, 0.2) is 24.3 Å². The van der Waals surface area contributed by atoms with Gasteiger partial charge in [-0.3, -0.25) is 4.79 Å². The van der Waals surface area contributed by atoms with Gasteiger partial charge in [-0.05, 0) is 45.2 Å². The van der Waals surface area contributed by atoms with Crippen LogP contribution in [0.25, 0.3) is 0 Å². The molecule has 2 rings (SSSR count). The molecule has 1 aromatic carbocycles. The molecule has 120 valence electrons. The van der Waals surface area contributed by atoms with Gasteiger partial charge in [0.05, 0.1) is 12.1 Å². The van der Waals surface area contributed by atoms with Crippen LogP contribution in [0, 0.1) is 6.92 Å². The molecule has 2 atom stereocenters. The minimum atomic E-state index is -0.542. The van der Waals surface area contributed by atoms with Gasteiger partial charge in [-0.15, -0.1) is 0 Å². The first-order chi connectivity index (χ1) is 10.3. The van der Waals surface area contributed by atoms with Crippen molar-refractivity contribution < 1.29 is 14.3 Å². The number of benzene rings is 1. The van der Waals surface area contributed by atoms with Gasteiger partial charge in [-0.2, -0.15) is 0 Å². The van der Waals surface area contributed by atoms with Crippen LogP contribution in [0.5, 0.6) is 0 Å². The van der Waals surface area contributed by atoms with E-state index in [9.17, 15) is 9.59 Å². The van der Waals surface area contributed by atoms with Crippen molar-refractivity contribution >= 4 is 12.0 Å². The van der Waals surface area contributed by atoms with Crippen LogP contribution in [-0.2, 0) is 9.53 Å². The molecule has 5 heteroatoms. The Morgan fingerprint density at radius 3 is 2.64 bits per heavy atom. The maximum absolute atomic E-state index is 12.0. The Balaban J connectivity index is 2.16. The van der Waals surface area contributed by atoms with Crippen LogP contribution in [-0.4, -0.2) is 23.6 Å². The van der Waals surface area contributed by atoms with E-state index in [1.165, 1.54) is 0 Å². The predicted molar refractivity (Wildman–Crippen MR) is 84.5 cm³/mol. The third-order valence-corrected chi connectivity index (χ3v) is 3.63. The second kappa shape index (κ2) is 6.38. The van der Waals surface area contributed by atoms with Crippen LogP contribution in [0.4, 0.5) is 4.79 Å². The molecular weight excluding hydrogens is 280 g/mol. The normalized spacial score (nSPS) is 21.9. The van der Waals surface area contributed by atoms with Gasteiger partial charge in [0.2, 0.25) is 5.91 Å². The van der Waals surface area contributed by atoms with Gasteiger partial charge in [-0.25, -0.2) is 4.79 Å². The summed E-state index contributed by atoms with van der Waals surface area (Å²) >= 11 is 0. The smallest absolute Gasteiger partial charge is 0.407 e. The van der Waals surface area contributed by atoms with Crippen molar-refractivity contribution in [2.45, 2.75) is 58.2 Å². The van der Waals surface area contributed by atoms with E-state index in [1.807, 2.05) is 52.0 Å². The lowest BCUT2D eigenvalue weighted by Crippen LogP contribution is -2.51. The lowest BCUT2D eigenvalue weighted by molar-refractivity contribution is -0.124. The van der Waals surface area contributed by atoms with E-state index in [1.54, 1.807) is 0 Å². The fourth-order valence-electron chi connectivity index (χ4n) is 2.64. The zero-order valence-corrected chi connectivity index (χ0v) is 13.6. The van der Waals surface area contributed by atoms with Crippen LogP contribution in [0.2, 0.25) is 0 Å². The summed E-state index contributed by atoms with van der Waals surface area (Å²) in [6.07, 6.45) is 0.555. The van der Waals surface area contributed by atoms with Crippen molar-refractivity contribution in [1.82, 2.24) is 10.6 Å². The Labute approximate surface area is 131 Å². The summed E-state index contributed by atoms with van der Waals surface area (Å²) in [6.45, 7) is 7.48. The number of ether oxygens (including phenoxy) is 1. The molecule has 0 bridgehead atoms. The third kappa shape index (κ3) is 4.23. The van der Waals surface area contributed by atoms with E-state index in [0.717, 1.165) is 11.1 Å². The van der Waals surface area contributed by atoms with E-state index in [2.05, 4.69) is 10.6 Å². The fourth-order valence-corrected chi connectivity index (χ4v) is 2.64. The summed E-state index contributed by atoms with van der Waals surface area (Å²) in [6, 6.07) is 7.48. The molecule has 0 radical (unpaired) electrons. The van der Waals surface area contributed by atoms with Crippen LogP contribution in [0.1, 0.15) is 50.8 Å². The highest BCUT2D eigenvalue weighted by Crippen LogP contribution is 2.26. The summed E-state index contributed by atoms with van der Waals surface area (Å²) in [5, 5.41) is 5.88. The number of piperidine rings is 1. The number of alkyl carbamates (subject to hydrolysis) is 1. The fraction of sp³-hybridized carbons (Fsp3) is 0.529. The highest BCUT2D eigenvalue weighted by atomic mass is 16.6. The Bertz CT molecular complexity index is 563. The van der Waals surface area contributed by atoms with E-state index >= 15 is 0 Å². The summed E-state index contributed by atoms with van der Waals surface area (Å²) in [7, 11) is 0. The minimum Gasteiger partial charge on any atom is -0.444 e. The van der Waals surface area contributed by atoms with E-state index in [-0.39, 0.29) is 18.0 Å². The van der Waals surface area contributed by atoms with Crippen LogP contribution < -0.4 is 10.6 Å². The van der Waals surface area contributed by atoms with Crippen molar-refractivity contribution in [3.8, 4) is 0 Å². The number of hydrogen-bond donors (Lipinski definition) is 2. The molecule has 0 aromatic heterocycles. The zero-order chi connectivity index (χ0) is 16.3. The lowest BCUT2D eigenvalue weighted by Gasteiger charge is -2.34. The molecule has 0 spiro atoms. The third-order valence-electron chi connectivity index (χ3n) is 3.63. The van der Waals surface area contributed by atoms with Gasteiger partial charge in [-0.1, -0.05) is 24.3 Å². The molecule has 5 nitrogen and oxygen atoms in total. The second-order valence-corrected chi connectivity index (χ2v) is 6.69. The summed E-state index contributed by atoms with van der Waals surface area (Å²) in [4.78, 5) is 23.8. The average Bonchev–Trinajstić information content (AvgIpc) is 2.39. The maximum atomic E-state index is 12.0. The van der Waals surface area contributed by atoms with Crippen molar-refractivity contribution in [1.29, 1.82) is 0 Å². The first kappa shape index (κ1) is 16.3. The molecule has 1 saturated heterocycles. The van der Waals surface area contributed by atoms with E-state index in [0.29, 0.717) is 12.8 Å². The van der Waals surface area contributed by atoms with Gasteiger partial charge in [0, 0.05) is 6.42 Å². The standard InChI is InChI=1S/C17H24N2O3/c1-11-7-5-6-8-12(11)15-13(9-10-14(20)19-15)18-16(21)22-17(2,3)4/h5-8,13,15H,9-10H2,1-4H3,(H,18,21)(H,19,20)/t13-,15+/m0/s1. The Hall–Kier alpha value is -2.04. The van der Waals surface area contributed by atoms with Gasteiger partial charge >= 0.3 is 6.09 Å². The number of nitrogens with one attached hydrogen (secondary N) is 2. The van der Waals surface area contributed by atoms with Gasteiger partial charge in [0.1, 0.15) is 5.60 Å². The molecule has 1 fully saturated rings. The second-order valence-electron chi connectivity index (χ2n) is 6.69.